The van der Waals surface area contributed by atoms with Crippen molar-refractivity contribution in [1.29, 1.82) is 5.26 Å². The Balaban J connectivity index is 1.96. The third kappa shape index (κ3) is 1.49. The molecular formula is C16H23N. The maximum absolute atomic E-state index is 9.68. The van der Waals surface area contributed by atoms with Gasteiger partial charge in [-0.15, -0.1) is 6.58 Å². The molecule has 1 unspecified atom stereocenters. The molecule has 0 N–H and O–H groups in total. The lowest BCUT2D eigenvalue weighted by atomic mass is 9.42. The summed E-state index contributed by atoms with van der Waals surface area (Å²) < 4.78 is 0. The van der Waals surface area contributed by atoms with E-state index in [0.717, 1.165) is 24.2 Å². The minimum absolute atomic E-state index is 0.162. The first kappa shape index (κ1) is 11.3. The summed E-state index contributed by atoms with van der Waals surface area (Å²) in [4.78, 5) is 0. The Kier molecular flexibility index (Phi) is 2.41. The highest BCUT2D eigenvalue weighted by atomic mass is 14.6. The second-order valence-electron chi connectivity index (χ2n) is 7.13. The number of allylic oxidation sites excluding steroid dienone is 1. The lowest BCUT2D eigenvalue weighted by Gasteiger charge is -2.61. The molecule has 0 spiro atoms. The van der Waals surface area contributed by atoms with Crippen LogP contribution in [0, 0.1) is 39.9 Å². The Morgan fingerprint density at radius 1 is 1.24 bits per heavy atom. The van der Waals surface area contributed by atoms with Crippen LogP contribution >= 0.6 is 0 Å². The molecule has 4 aliphatic carbocycles. The van der Waals surface area contributed by atoms with Gasteiger partial charge in [0, 0.05) is 0 Å². The van der Waals surface area contributed by atoms with Gasteiger partial charge in [-0.2, -0.15) is 5.26 Å². The summed E-state index contributed by atoms with van der Waals surface area (Å²) in [6, 6.07) is 2.67. The first-order valence-corrected chi connectivity index (χ1v) is 7.13. The van der Waals surface area contributed by atoms with Crippen molar-refractivity contribution in [3.8, 4) is 6.07 Å². The van der Waals surface area contributed by atoms with Crippen LogP contribution in [0.1, 0.15) is 51.9 Å². The average molecular weight is 229 g/mol. The molecule has 0 aromatic rings. The molecule has 1 nitrogen and oxygen atoms in total. The van der Waals surface area contributed by atoms with Crippen molar-refractivity contribution in [3.63, 3.8) is 0 Å². The molecule has 0 heterocycles. The monoisotopic (exact) mass is 229 g/mol. The normalized spacial score (nSPS) is 46.2. The molecule has 17 heavy (non-hydrogen) atoms. The van der Waals surface area contributed by atoms with E-state index in [9.17, 15) is 5.26 Å². The van der Waals surface area contributed by atoms with E-state index in [2.05, 4.69) is 19.6 Å². The van der Waals surface area contributed by atoms with Gasteiger partial charge in [-0.1, -0.05) is 6.08 Å². The predicted octanol–water partition coefficient (Wildman–Crippen LogP) is 4.31. The summed E-state index contributed by atoms with van der Waals surface area (Å²) in [7, 11) is 0. The van der Waals surface area contributed by atoms with Gasteiger partial charge in [-0.3, -0.25) is 0 Å². The maximum atomic E-state index is 9.68. The molecule has 0 aromatic heterocycles. The third-order valence-corrected chi connectivity index (χ3v) is 6.01. The largest absolute Gasteiger partial charge is 0.198 e. The van der Waals surface area contributed by atoms with Crippen LogP contribution in [-0.4, -0.2) is 0 Å². The van der Waals surface area contributed by atoms with Gasteiger partial charge in [0.25, 0.3) is 0 Å². The van der Waals surface area contributed by atoms with Gasteiger partial charge < -0.3 is 0 Å². The van der Waals surface area contributed by atoms with Crippen LogP contribution < -0.4 is 0 Å². The highest BCUT2D eigenvalue weighted by Gasteiger charge is 2.58. The van der Waals surface area contributed by atoms with Gasteiger partial charge in [0.1, 0.15) is 0 Å². The van der Waals surface area contributed by atoms with Crippen LogP contribution in [0.25, 0.3) is 0 Å². The van der Waals surface area contributed by atoms with Crippen LogP contribution in [0.5, 0.6) is 0 Å². The summed E-state index contributed by atoms with van der Waals surface area (Å²) in [5.41, 5.74) is 0.162. The van der Waals surface area contributed by atoms with Crippen LogP contribution in [0.3, 0.4) is 0 Å². The zero-order valence-corrected chi connectivity index (χ0v) is 10.9. The van der Waals surface area contributed by atoms with E-state index in [1.54, 1.807) is 0 Å². The van der Waals surface area contributed by atoms with Gasteiger partial charge in [0.05, 0.1) is 11.5 Å². The van der Waals surface area contributed by atoms with Crippen molar-refractivity contribution in [3.05, 3.63) is 12.7 Å². The van der Waals surface area contributed by atoms with Crippen LogP contribution in [-0.2, 0) is 0 Å². The summed E-state index contributed by atoms with van der Waals surface area (Å²) in [5.74, 6) is 2.79. The Morgan fingerprint density at radius 2 is 1.71 bits per heavy atom. The second-order valence-corrected chi connectivity index (χ2v) is 7.13. The molecule has 0 aromatic carbocycles. The van der Waals surface area contributed by atoms with Crippen LogP contribution in [0.2, 0.25) is 0 Å². The van der Waals surface area contributed by atoms with E-state index in [0.29, 0.717) is 5.41 Å². The molecule has 0 radical (unpaired) electrons. The van der Waals surface area contributed by atoms with E-state index >= 15 is 0 Å². The Labute approximate surface area is 105 Å². The van der Waals surface area contributed by atoms with Crippen molar-refractivity contribution < 1.29 is 0 Å². The lowest BCUT2D eigenvalue weighted by Crippen LogP contribution is -2.53. The van der Waals surface area contributed by atoms with Crippen molar-refractivity contribution in [2.75, 3.05) is 0 Å². The van der Waals surface area contributed by atoms with E-state index in [1.165, 1.54) is 38.5 Å². The molecule has 1 atom stereocenters. The topological polar surface area (TPSA) is 23.8 Å². The smallest absolute Gasteiger partial charge is 0.0695 e. The Hall–Kier alpha value is -0.770. The number of hydrogen-bond donors (Lipinski definition) is 0. The van der Waals surface area contributed by atoms with E-state index in [4.69, 9.17) is 0 Å². The molecule has 0 aliphatic heterocycles. The van der Waals surface area contributed by atoms with E-state index < -0.39 is 0 Å². The van der Waals surface area contributed by atoms with Crippen molar-refractivity contribution in [2.45, 2.75) is 51.9 Å². The quantitative estimate of drug-likeness (QED) is 0.662. The fraction of sp³-hybridized carbons (Fsp3) is 0.812. The minimum atomic E-state index is -0.162. The third-order valence-electron chi connectivity index (χ3n) is 6.01. The maximum Gasteiger partial charge on any atom is 0.0695 e. The summed E-state index contributed by atoms with van der Waals surface area (Å²) >= 11 is 0. The van der Waals surface area contributed by atoms with Crippen molar-refractivity contribution in [2.24, 2.45) is 28.6 Å². The predicted molar refractivity (Wildman–Crippen MR) is 69.1 cm³/mol. The van der Waals surface area contributed by atoms with Crippen molar-refractivity contribution in [1.82, 2.24) is 0 Å². The highest BCUT2D eigenvalue weighted by molar-refractivity contribution is 5.16. The molecule has 4 saturated carbocycles. The summed E-state index contributed by atoms with van der Waals surface area (Å²) in [5, 5.41) is 9.68. The van der Waals surface area contributed by atoms with Crippen LogP contribution in [0.15, 0.2) is 12.7 Å². The van der Waals surface area contributed by atoms with Crippen LogP contribution in [0.4, 0.5) is 0 Å². The molecule has 4 fully saturated rings. The van der Waals surface area contributed by atoms with E-state index in [1.807, 2.05) is 6.08 Å². The van der Waals surface area contributed by atoms with Gasteiger partial charge in [-0.25, -0.2) is 0 Å². The number of nitrogens with zero attached hydrogens (tertiary/aromatic N) is 1. The Morgan fingerprint density at radius 3 is 2.06 bits per heavy atom. The molecule has 92 valence electrons. The van der Waals surface area contributed by atoms with E-state index in [-0.39, 0.29) is 5.41 Å². The molecule has 4 aliphatic rings. The van der Waals surface area contributed by atoms with Crippen molar-refractivity contribution >= 4 is 0 Å². The SMILES string of the molecule is C=CCC(C)(C#N)C12CC3CC(CC(C3)C1)C2. The second kappa shape index (κ2) is 3.61. The van der Waals surface area contributed by atoms with Gasteiger partial charge in [0.15, 0.2) is 0 Å². The first-order chi connectivity index (χ1) is 8.11. The molecule has 0 amide bonds. The Bertz CT molecular complexity index is 340. The molecule has 1 heteroatoms. The fourth-order valence-electron chi connectivity index (χ4n) is 5.46. The highest BCUT2D eigenvalue weighted by Crippen LogP contribution is 2.66. The number of hydrogen-bond acceptors (Lipinski definition) is 1. The zero-order valence-electron chi connectivity index (χ0n) is 10.9. The summed E-state index contributed by atoms with van der Waals surface area (Å²) in [6.45, 7) is 6.07. The van der Waals surface area contributed by atoms with Gasteiger partial charge >= 0.3 is 0 Å². The fourth-order valence-corrected chi connectivity index (χ4v) is 5.46. The average Bonchev–Trinajstić information content (AvgIpc) is 2.27. The standard InChI is InChI=1S/C16H23N/c1-3-4-15(2,11-17)16-8-12-5-13(9-16)7-14(6-12)10-16/h3,12-14H,1,4-10H2,2H3. The molecule has 4 rings (SSSR count). The minimum Gasteiger partial charge on any atom is -0.198 e. The van der Waals surface area contributed by atoms with Gasteiger partial charge in [-0.05, 0) is 75.0 Å². The summed E-state index contributed by atoms with van der Waals surface area (Å²) in [6.07, 6.45) is 11.1. The number of nitriles is 1. The molecule has 4 bridgehead atoms. The first-order valence-electron chi connectivity index (χ1n) is 7.13. The lowest BCUT2D eigenvalue weighted by molar-refractivity contribution is -0.105. The molecular weight excluding hydrogens is 206 g/mol. The number of rotatable bonds is 3. The molecule has 0 saturated heterocycles. The zero-order chi connectivity index (χ0) is 12.1. The van der Waals surface area contributed by atoms with Gasteiger partial charge in [0.2, 0.25) is 0 Å².